The SMILES string of the molecule is C=CC(=O)OCC(CC)CCOC(=O)CCC(=O)OCCCOc1ccc(C(=O)O)cc1. The zero-order chi connectivity index (χ0) is 23.8. The summed E-state index contributed by atoms with van der Waals surface area (Å²) in [4.78, 5) is 45.3. The molecular formula is C23H30O9. The van der Waals surface area contributed by atoms with E-state index < -0.39 is 23.9 Å². The first-order valence-electron chi connectivity index (χ1n) is 10.4. The Labute approximate surface area is 187 Å². The summed E-state index contributed by atoms with van der Waals surface area (Å²) in [7, 11) is 0. The van der Waals surface area contributed by atoms with Gasteiger partial charge in [-0.15, -0.1) is 0 Å². The van der Waals surface area contributed by atoms with Gasteiger partial charge < -0.3 is 24.1 Å². The van der Waals surface area contributed by atoms with Crippen molar-refractivity contribution in [1.29, 1.82) is 0 Å². The largest absolute Gasteiger partial charge is 0.493 e. The van der Waals surface area contributed by atoms with Crippen LogP contribution in [0.3, 0.4) is 0 Å². The molecule has 9 heteroatoms. The number of benzene rings is 1. The van der Waals surface area contributed by atoms with Crippen LogP contribution in [0.1, 0.15) is 49.4 Å². The van der Waals surface area contributed by atoms with Gasteiger partial charge in [0.15, 0.2) is 0 Å². The lowest BCUT2D eigenvalue weighted by Crippen LogP contribution is -2.16. The van der Waals surface area contributed by atoms with E-state index >= 15 is 0 Å². The zero-order valence-corrected chi connectivity index (χ0v) is 18.2. The Morgan fingerprint density at radius 2 is 1.59 bits per heavy atom. The first-order chi connectivity index (χ1) is 15.3. The molecule has 0 saturated carbocycles. The minimum absolute atomic E-state index is 0.0759. The van der Waals surface area contributed by atoms with Gasteiger partial charge in [-0.3, -0.25) is 9.59 Å². The van der Waals surface area contributed by atoms with Crippen LogP contribution in [0.5, 0.6) is 5.75 Å². The Balaban J connectivity index is 2.09. The molecule has 1 N–H and O–H groups in total. The van der Waals surface area contributed by atoms with E-state index in [0.29, 0.717) is 25.2 Å². The number of ether oxygens (including phenoxy) is 4. The molecule has 1 aromatic carbocycles. The van der Waals surface area contributed by atoms with E-state index in [9.17, 15) is 19.2 Å². The highest BCUT2D eigenvalue weighted by Gasteiger charge is 2.12. The minimum Gasteiger partial charge on any atom is -0.493 e. The van der Waals surface area contributed by atoms with Crippen LogP contribution in [-0.2, 0) is 28.6 Å². The van der Waals surface area contributed by atoms with E-state index in [0.717, 1.165) is 12.5 Å². The van der Waals surface area contributed by atoms with E-state index in [1.807, 2.05) is 6.92 Å². The van der Waals surface area contributed by atoms with E-state index in [1.54, 1.807) is 12.1 Å². The molecule has 0 fully saturated rings. The molecule has 0 heterocycles. The van der Waals surface area contributed by atoms with Crippen LogP contribution in [0, 0.1) is 5.92 Å². The maximum Gasteiger partial charge on any atom is 0.335 e. The topological polar surface area (TPSA) is 125 Å². The standard InChI is InChI=1S/C23H30O9/c1-3-17(16-32-20(24)4-2)12-15-31-22(26)11-10-21(25)30-14-5-13-29-19-8-6-18(7-9-19)23(27)28/h4,6-9,17H,2-3,5,10-16H2,1H3,(H,27,28). The normalized spacial score (nSPS) is 11.2. The summed E-state index contributed by atoms with van der Waals surface area (Å²) >= 11 is 0. The number of aromatic carboxylic acids is 1. The van der Waals surface area contributed by atoms with Crippen LogP contribution < -0.4 is 4.74 Å². The highest BCUT2D eigenvalue weighted by atomic mass is 16.5. The maximum absolute atomic E-state index is 11.7. The zero-order valence-electron chi connectivity index (χ0n) is 18.2. The number of hydrogen-bond acceptors (Lipinski definition) is 8. The molecule has 176 valence electrons. The van der Waals surface area contributed by atoms with Gasteiger partial charge in [0.2, 0.25) is 0 Å². The number of esters is 3. The van der Waals surface area contributed by atoms with Crippen molar-refractivity contribution >= 4 is 23.9 Å². The van der Waals surface area contributed by atoms with Gasteiger partial charge in [0.05, 0.1) is 44.8 Å². The minimum atomic E-state index is -1.01. The highest BCUT2D eigenvalue weighted by molar-refractivity contribution is 5.87. The summed E-state index contributed by atoms with van der Waals surface area (Å²) < 4.78 is 20.6. The van der Waals surface area contributed by atoms with Crippen LogP contribution in [0.25, 0.3) is 0 Å². The third-order valence-electron chi connectivity index (χ3n) is 4.45. The maximum atomic E-state index is 11.7. The van der Waals surface area contributed by atoms with Crippen LogP contribution in [0.15, 0.2) is 36.9 Å². The van der Waals surface area contributed by atoms with Crippen molar-refractivity contribution in [3.05, 3.63) is 42.5 Å². The molecule has 1 unspecified atom stereocenters. The van der Waals surface area contributed by atoms with Crippen molar-refractivity contribution in [2.24, 2.45) is 5.92 Å². The Morgan fingerprint density at radius 3 is 2.16 bits per heavy atom. The molecule has 0 radical (unpaired) electrons. The number of hydrogen-bond donors (Lipinski definition) is 1. The third-order valence-corrected chi connectivity index (χ3v) is 4.45. The number of carbonyl (C=O) groups excluding carboxylic acids is 3. The van der Waals surface area contributed by atoms with E-state index in [4.69, 9.17) is 24.1 Å². The van der Waals surface area contributed by atoms with Crippen molar-refractivity contribution in [2.75, 3.05) is 26.4 Å². The molecule has 32 heavy (non-hydrogen) atoms. The number of carbonyl (C=O) groups is 4. The van der Waals surface area contributed by atoms with Crippen molar-refractivity contribution in [1.82, 2.24) is 0 Å². The van der Waals surface area contributed by atoms with Crippen LogP contribution in [0.4, 0.5) is 0 Å². The summed E-state index contributed by atoms with van der Waals surface area (Å²) in [5, 5.41) is 8.83. The highest BCUT2D eigenvalue weighted by Crippen LogP contribution is 2.12. The Kier molecular flexibility index (Phi) is 12.9. The molecule has 0 amide bonds. The molecule has 0 aromatic heterocycles. The molecule has 0 aliphatic heterocycles. The fourth-order valence-electron chi connectivity index (χ4n) is 2.48. The fraction of sp³-hybridized carbons (Fsp3) is 0.478. The van der Waals surface area contributed by atoms with Gasteiger partial charge >= 0.3 is 23.9 Å². The van der Waals surface area contributed by atoms with Gasteiger partial charge in [0.1, 0.15) is 5.75 Å². The Hall–Kier alpha value is -3.36. The average molecular weight is 450 g/mol. The molecule has 0 aliphatic rings. The van der Waals surface area contributed by atoms with E-state index in [-0.39, 0.29) is 44.1 Å². The molecule has 0 spiro atoms. The fourth-order valence-corrected chi connectivity index (χ4v) is 2.48. The second-order valence-corrected chi connectivity index (χ2v) is 6.87. The molecule has 1 atom stereocenters. The smallest absolute Gasteiger partial charge is 0.335 e. The summed E-state index contributed by atoms with van der Waals surface area (Å²) in [5.41, 5.74) is 0.170. The second-order valence-electron chi connectivity index (χ2n) is 6.87. The van der Waals surface area contributed by atoms with Gasteiger partial charge in [-0.25, -0.2) is 9.59 Å². The monoisotopic (exact) mass is 450 g/mol. The Morgan fingerprint density at radius 1 is 0.969 bits per heavy atom. The molecule has 0 bridgehead atoms. The van der Waals surface area contributed by atoms with E-state index in [2.05, 4.69) is 6.58 Å². The van der Waals surface area contributed by atoms with Gasteiger partial charge in [0, 0.05) is 12.5 Å². The van der Waals surface area contributed by atoms with Crippen LogP contribution in [0.2, 0.25) is 0 Å². The summed E-state index contributed by atoms with van der Waals surface area (Å²) in [6.45, 7) is 6.13. The Bertz CT molecular complexity index is 755. The summed E-state index contributed by atoms with van der Waals surface area (Å²) in [6, 6.07) is 5.99. The molecular weight excluding hydrogens is 420 g/mol. The first-order valence-corrected chi connectivity index (χ1v) is 10.4. The van der Waals surface area contributed by atoms with Gasteiger partial charge in [-0.2, -0.15) is 0 Å². The molecule has 1 aromatic rings. The van der Waals surface area contributed by atoms with Crippen LogP contribution in [-0.4, -0.2) is 55.4 Å². The quantitative estimate of drug-likeness (QED) is 0.175. The molecule has 0 aliphatic carbocycles. The predicted molar refractivity (Wildman–Crippen MR) is 114 cm³/mol. The predicted octanol–water partition coefficient (Wildman–Crippen LogP) is 3.17. The summed E-state index contributed by atoms with van der Waals surface area (Å²) in [6.07, 6.45) is 2.71. The van der Waals surface area contributed by atoms with Gasteiger partial charge in [0.25, 0.3) is 0 Å². The molecule has 1 rings (SSSR count). The second kappa shape index (κ2) is 15.4. The van der Waals surface area contributed by atoms with Gasteiger partial charge in [-0.05, 0) is 43.0 Å². The van der Waals surface area contributed by atoms with Crippen LogP contribution >= 0.6 is 0 Å². The third kappa shape index (κ3) is 11.7. The lowest BCUT2D eigenvalue weighted by atomic mass is 10.0. The number of carboxylic acid groups (broad SMARTS) is 1. The van der Waals surface area contributed by atoms with E-state index in [1.165, 1.54) is 12.1 Å². The molecule has 9 nitrogen and oxygen atoms in total. The van der Waals surface area contributed by atoms with Crippen molar-refractivity contribution in [3.8, 4) is 5.75 Å². The van der Waals surface area contributed by atoms with Gasteiger partial charge in [-0.1, -0.05) is 13.5 Å². The lowest BCUT2D eigenvalue weighted by molar-refractivity contribution is -0.150. The van der Waals surface area contributed by atoms with Crippen molar-refractivity contribution < 1.29 is 43.2 Å². The molecule has 0 saturated heterocycles. The summed E-state index contributed by atoms with van der Waals surface area (Å²) in [5.74, 6) is -1.89. The van der Waals surface area contributed by atoms with Crippen molar-refractivity contribution in [2.45, 2.75) is 39.0 Å². The first kappa shape index (κ1) is 26.7. The average Bonchev–Trinajstić information content (AvgIpc) is 2.79. The number of rotatable bonds is 16. The number of carboxylic acids is 1. The lowest BCUT2D eigenvalue weighted by Gasteiger charge is -2.14. The van der Waals surface area contributed by atoms with Crippen molar-refractivity contribution in [3.63, 3.8) is 0 Å².